The van der Waals surface area contributed by atoms with Crippen LogP contribution in [-0.2, 0) is 26.2 Å². The average molecular weight is 593 g/mol. The Morgan fingerprint density at radius 1 is 0.949 bits per heavy atom. The van der Waals surface area contributed by atoms with Gasteiger partial charge in [0, 0.05) is 23.1 Å². The van der Waals surface area contributed by atoms with E-state index in [0.717, 1.165) is 9.87 Å². The highest BCUT2D eigenvalue weighted by atomic mass is 35.5. The van der Waals surface area contributed by atoms with Gasteiger partial charge in [-0.1, -0.05) is 48.3 Å². The Kier molecular flexibility index (Phi) is 10.6. The largest absolute Gasteiger partial charge is 0.497 e. The summed E-state index contributed by atoms with van der Waals surface area (Å²) in [4.78, 5) is 28.3. The summed E-state index contributed by atoms with van der Waals surface area (Å²) in [6, 6.07) is 18.2. The Bertz CT molecular complexity index is 1400. The zero-order valence-electron chi connectivity index (χ0n) is 21.9. The van der Waals surface area contributed by atoms with Crippen molar-refractivity contribution >= 4 is 50.7 Å². The second-order valence-electron chi connectivity index (χ2n) is 8.64. The summed E-state index contributed by atoms with van der Waals surface area (Å²) in [5.74, 6) is -0.295. The molecule has 3 aromatic carbocycles. The first-order chi connectivity index (χ1) is 18.6. The average Bonchev–Trinajstić information content (AvgIpc) is 2.92. The molecule has 0 fully saturated rings. The molecule has 8 nitrogen and oxygen atoms in total. The van der Waals surface area contributed by atoms with Crippen molar-refractivity contribution in [2.75, 3.05) is 24.5 Å². The predicted octanol–water partition coefficient (Wildman–Crippen LogP) is 5.14. The predicted molar refractivity (Wildman–Crippen MR) is 154 cm³/mol. The number of hydrogen-bond acceptors (Lipinski definition) is 5. The number of sulfonamides is 1. The topological polar surface area (TPSA) is 96.0 Å². The fourth-order valence-corrected chi connectivity index (χ4v) is 5.79. The SMILES string of the molecule is CCNC(=O)C(CC)N(Cc1cccc(OC)c1)C(=O)CN(c1cccc(Cl)c1)S(=O)(=O)c1ccc(Cl)cc1. The fraction of sp³-hybridized carbons (Fsp3) is 0.286. The van der Waals surface area contributed by atoms with E-state index in [4.69, 9.17) is 27.9 Å². The number of amides is 2. The van der Waals surface area contributed by atoms with Gasteiger partial charge < -0.3 is 15.0 Å². The van der Waals surface area contributed by atoms with E-state index in [-0.39, 0.29) is 23.0 Å². The summed E-state index contributed by atoms with van der Waals surface area (Å²) in [7, 11) is -2.68. The van der Waals surface area contributed by atoms with E-state index in [0.29, 0.717) is 28.8 Å². The van der Waals surface area contributed by atoms with Crippen molar-refractivity contribution < 1.29 is 22.7 Å². The highest BCUT2D eigenvalue weighted by Crippen LogP contribution is 2.28. The van der Waals surface area contributed by atoms with Crippen LogP contribution in [0.25, 0.3) is 0 Å². The van der Waals surface area contributed by atoms with E-state index >= 15 is 0 Å². The molecule has 11 heteroatoms. The van der Waals surface area contributed by atoms with Gasteiger partial charge in [-0.25, -0.2) is 8.42 Å². The highest BCUT2D eigenvalue weighted by Gasteiger charge is 2.33. The lowest BCUT2D eigenvalue weighted by Crippen LogP contribution is -2.52. The maximum Gasteiger partial charge on any atom is 0.264 e. The van der Waals surface area contributed by atoms with Crippen molar-refractivity contribution in [2.24, 2.45) is 0 Å². The summed E-state index contributed by atoms with van der Waals surface area (Å²) in [5.41, 5.74) is 0.929. The van der Waals surface area contributed by atoms with Gasteiger partial charge in [-0.2, -0.15) is 0 Å². The van der Waals surface area contributed by atoms with Gasteiger partial charge in [-0.05, 0) is 73.5 Å². The summed E-state index contributed by atoms with van der Waals surface area (Å²) in [5, 5.41) is 3.45. The molecule has 2 amide bonds. The molecule has 1 atom stereocenters. The van der Waals surface area contributed by atoms with Crippen LogP contribution in [0.15, 0.2) is 77.7 Å². The molecule has 0 aliphatic heterocycles. The molecular formula is C28H31Cl2N3O5S. The summed E-state index contributed by atoms with van der Waals surface area (Å²) < 4.78 is 33.9. The molecule has 0 heterocycles. The summed E-state index contributed by atoms with van der Waals surface area (Å²) in [6.45, 7) is 3.47. The number of ether oxygens (including phenoxy) is 1. The van der Waals surface area contributed by atoms with Gasteiger partial charge in [0.2, 0.25) is 11.8 Å². The van der Waals surface area contributed by atoms with Gasteiger partial charge in [0.05, 0.1) is 17.7 Å². The van der Waals surface area contributed by atoms with Gasteiger partial charge in [0.1, 0.15) is 18.3 Å². The molecule has 3 aromatic rings. The number of nitrogens with one attached hydrogen (secondary N) is 1. The minimum absolute atomic E-state index is 0.0465. The molecule has 0 bridgehead atoms. The standard InChI is InChI=1S/C28H31Cl2N3O5S/c1-4-26(28(35)31-5-2)32(18-20-8-6-11-24(16-20)38-3)27(34)19-33(23-10-7-9-22(30)17-23)39(36,37)25-14-12-21(29)13-15-25/h6-17,26H,4-5,18-19H2,1-3H3,(H,31,35). The third kappa shape index (κ3) is 7.65. The smallest absolute Gasteiger partial charge is 0.264 e. The van der Waals surface area contributed by atoms with Crippen LogP contribution in [0.2, 0.25) is 10.0 Å². The van der Waals surface area contributed by atoms with Crippen LogP contribution in [0.1, 0.15) is 25.8 Å². The van der Waals surface area contributed by atoms with Crippen molar-refractivity contribution in [1.29, 1.82) is 0 Å². The molecule has 39 heavy (non-hydrogen) atoms. The lowest BCUT2D eigenvalue weighted by atomic mass is 10.1. The summed E-state index contributed by atoms with van der Waals surface area (Å²) >= 11 is 12.2. The number of likely N-dealkylation sites (N-methyl/N-ethyl adjacent to an activating group) is 1. The number of methoxy groups -OCH3 is 1. The lowest BCUT2D eigenvalue weighted by molar-refractivity contribution is -0.140. The molecule has 1 N–H and O–H groups in total. The van der Waals surface area contributed by atoms with Crippen LogP contribution in [0.3, 0.4) is 0 Å². The first-order valence-corrected chi connectivity index (χ1v) is 14.5. The molecule has 0 radical (unpaired) electrons. The van der Waals surface area contributed by atoms with E-state index in [9.17, 15) is 18.0 Å². The van der Waals surface area contributed by atoms with Crippen molar-refractivity contribution in [3.05, 3.63) is 88.4 Å². The number of rotatable bonds is 12. The minimum atomic E-state index is -4.21. The lowest BCUT2D eigenvalue weighted by Gasteiger charge is -2.33. The van der Waals surface area contributed by atoms with E-state index in [1.807, 2.05) is 6.07 Å². The van der Waals surface area contributed by atoms with Crippen molar-refractivity contribution in [3.8, 4) is 5.75 Å². The molecule has 0 aromatic heterocycles. The van der Waals surface area contributed by atoms with Gasteiger partial charge >= 0.3 is 0 Å². The number of anilines is 1. The number of carbonyl (C=O) groups excluding carboxylic acids is 2. The molecule has 208 valence electrons. The molecule has 0 saturated carbocycles. The fourth-order valence-electron chi connectivity index (χ4n) is 4.07. The van der Waals surface area contributed by atoms with Crippen LogP contribution in [0.5, 0.6) is 5.75 Å². The Morgan fingerprint density at radius 2 is 1.64 bits per heavy atom. The summed E-state index contributed by atoms with van der Waals surface area (Å²) in [6.07, 6.45) is 0.322. The maximum atomic E-state index is 14.0. The zero-order valence-corrected chi connectivity index (χ0v) is 24.3. The molecular weight excluding hydrogens is 561 g/mol. The number of nitrogens with zero attached hydrogens (tertiary/aromatic N) is 2. The zero-order chi connectivity index (χ0) is 28.6. The molecule has 0 saturated heterocycles. The Balaban J connectivity index is 2.07. The van der Waals surface area contributed by atoms with Gasteiger partial charge in [0.15, 0.2) is 0 Å². The van der Waals surface area contributed by atoms with Crippen LogP contribution in [0, 0.1) is 0 Å². The van der Waals surface area contributed by atoms with Crippen molar-refractivity contribution in [1.82, 2.24) is 10.2 Å². The Hall–Kier alpha value is -3.27. The second kappa shape index (κ2) is 13.7. The maximum absolute atomic E-state index is 14.0. The Morgan fingerprint density at radius 3 is 2.26 bits per heavy atom. The third-order valence-electron chi connectivity index (χ3n) is 6.00. The first kappa shape index (κ1) is 30.3. The van der Waals surface area contributed by atoms with Crippen LogP contribution >= 0.6 is 23.2 Å². The van der Waals surface area contributed by atoms with Crippen LogP contribution in [-0.4, -0.2) is 51.4 Å². The molecule has 0 aliphatic rings. The highest BCUT2D eigenvalue weighted by molar-refractivity contribution is 7.92. The molecule has 0 aliphatic carbocycles. The van der Waals surface area contributed by atoms with Crippen LogP contribution in [0.4, 0.5) is 5.69 Å². The number of carbonyl (C=O) groups is 2. The third-order valence-corrected chi connectivity index (χ3v) is 8.28. The normalized spacial score (nSPS) is 11.9. The van der Waals surface area contributed by atoms with E-state index in [2.05, 4.69) is 5.32 Å². The van der Waals surface area contributed by atoms with Crippen molar-refractivity contribution in [2.45, 2.75) is 37.8 Å². The monoisotopic (exact) mass is 591 g/mol. The number of halogens is 2. The van der Waals surface area contributed by atoms with Gasteiger partial charge in [0.25, 0.3) is 10.0 Å². The van der Waals surface area contributed by atoms with Crippen LogP contribution < -0.4 is 14.4 Å². The van der Waals surface area contributed by atoms with E-state index in [1.165, 1.54) is 42.3 Å². The Labute approximate surface area is 239 Å². The second-order valence-corrected chi connectivity index (χ2v) is 11.4. The number of benzene rings is 3. The van der Waals surface area contributed by atoms with Gasteiger partial charge in [-0.15, -0.1) is 0 Å². The molecule has 3 rings (SSSR count). The first-order valence-electron chi connectivity index (χ1n) is 12.3. The van der Waals surface area contributed by atoms with Gasteiger partial charge in [-0.3, -0.25) is 13.9 Å². The van der Waals surface area contributed by atoms with E-state index in [1.54, 1.807) is 50.2 Å². The number of hydrogen-bond donors (Lipinski definition) is 1. The molecule has 0 spiro atoms. The van der Waals surface area contributed by atoms with Crippen molar-refractivity contribution in [3.63, 3.8) is 0 Å². The molecule has 1 unspecified atom stereocenters. The minimum Gasteiger partial charge on any atom is -0.497 e. The quantitative estimate of drug-likeness (QED) is 0.314. The van der Waals surface area contributed by atoms with E-state index < -0.39 is 28.5 Å².